The summed E-state index contributed by atoms with van der Waals surface area (Å²) in [5.41, 5.74) is 3.90. The van der Waals surface area contributed by atoms with Crippen LogP contribution in [0.3, 0.4) is 0 Å². The van der Waals surface area contributed by atoms with Crippen molar-refractivity contribution in [2.45, 2.75) is 26.8 Å². The van der Waals surface area contributed by atoms with Crippen LogP contribution in [0, 0.1) is 13.8 Å². The zero-order chi connectivity index (χ0) is 18.7. The van der Waals surface area contributed by atoms with Crippen molar-refractivity contribution in [3.05, 3.63) is 94.8 Å². The number of aryl methyl sites for hydroxylation is 1. The molecule has 1 N–H and O–H groups in total. The lowest BCUT2D eigenvalue weighted by Crippen LogP contribution is -2.29. The van der Waals surface area contributed by atoms with Crippen molar-refractivity contribution >= 4 is 11.8 Å². The van der Waals surface area contributed by atoms with Crippen molar-refractivity contribution in [1.29, 1.82) is 0 Å². The zero-order valence-electron chi connectivity index (χ0n) is 15.2. The first-order valence-electron chi connectivity index (χ1n) is 8.63. The number of rotatable bonds is 4. The number of nitrogens with zero attached hydrogens (tertiary/aromatic N) is 1. The standard InChI is InChI=1S/C22H22N2O2/c1-15-14-20(16(2)23-21(25)18-10-6-4-7-11-18)24(17(15)3)22(26)19-12-8-5-9-13-19/h4-14,16H,1-3H3,(H,23,25). The molecule has 0 aliphatic rings. The third-order valence-corrected chi connectivity index (χ3v) is 4.58. The SMILES string of the molecule is Cc1cc(C(C)NC(=O)c2ccccc2)n(C(=O)c2ccccc2)c1C. The predicted octanol–water partition coefficient (Wildman–Crippen LogP) is 4.28. The number of hydrogen-bond acceptors (Lipinski definition) is 2. The molecule has 1 amide bonds. The summed E-state index contributed by atoms with van der Waals surface area (Å²) in [7, 11) is 0. The molecular weight excluding hydrogens is 324 g/mol. The van der Waals surface area contributed by atoms with Crippen LogP contribution in [0.1, 0.15) is 50.6 Å². The minimum atomic E-state index is -0.303. The molecule has 1 atom stereocenters. The van der Waals surface area contributed by atoms with Crippen molar-refractivity contribution in [2.75, 3.05) is 0 Å². The topological polar surface area (TPSA) is 51.1 Å². The van der Waals surface area contributed by atoms with Gasteiger partial charge in [0, 0.05) is 22.5 Å². The summed E-state index contributed by atoms with van der Waals surface area (Å²) in [5.74, 6) is -0.250. The highest BCUT2D eigenvalue weighted by Gasteiger charge is 2.22. The van der Waals surface area contributed by atoms with Gasteiger partial charge >= 0.3 is 0 Å². The Kier molecular flexibility index (Phi) is 5.03. The predicted molar refractivity (Wildman–Crippen MR) is 102 cm³/mol. The third kappa shape index (κ3) is 3.45. The van der Waals surface area contributed by atoms with Gasteiger partial charge in [-0.2, -0.15) is 0 Å². The van der Waals surface area contributed by atoms with Crippen molar-refractivity contribution in [3.63, 3.8) is 0 Å². The van der Waals surface area contributed by atoms with E-state index in [1.165, 1.54) is 0 Å². The lowest BCUT2D eigenvalue weighted by Gasteiger charge is -2.17. The number of amides is 1. The summed E-state index contributed by atoms with van der Waals surface area (Å²) in [6, 6.07) is 19.9. The van der Waals surface area contributed by atoms with Crippen LogP contribution in [0.15, 0.2) is 66.7 Å². The quantitative estimate of drug-likeness (QED) is 0.766. The van der Waals surface area contributed by atoms with E-state index in [2.05, 4.69) is 5.32 Å². The van der Waals surface area contributed by atoms with Crippen LogP contribution in [0.25, 0.3) is 0 Å². The number of carbonyl (C=O) groups is 2. The van der Waals surface area contributed by atoms with Gasteiger partial charge in [0.05, 0.1) is 6.04 Å². The fourth-order valence-corrected chi connectivity index (χ4v) is 3.00. The Morgan fingerprint density at radius 2 is 1.42 bits per heavy atom. The monoisotopic (exact) mass is 346 g/mol. The van der Waals surface area contributed by atoms with Gasteiger partial charge in [0.2, 0.25) is 0 Å². The molecule has 1 heterocycles. The number of aromatic nitrogens is 1. The van der Waals surface area contributed by atoms with E-state index in [1.807, 2.05) is 63.2 Å². The van der Waals surface area contributed by atoms with Gasteiger partial charge < -0.3 is 5.32 Å². The Morgan fingerprint density at radius 3 is 2.00 bits per heavy atom. The Balaban J connectivity index is 1.92. The molecule has 4 heteroatoms. The zero-order valence-corrected chi connectivity index (χ0v) is 15.2. The molecule has 0 fully saturated rings. The van der Waals surface area contributed by atoms with E-state index in [-0.39, 0.29) is 17.9 Å². The Bertz CT molecular complexity index is 928. The highest BCUT2D eigenvalue weighted by molar-refractivity contribution is 5.97. The maximum atomic E-state index is 13.0. The molecule has 3 aromatic rings. The molecule has 0 radical (unpaired) electrons. The summed E-state index contributed by atoms with van der Waals surface area (Å²) in [5, 5.41) is 2.99. The first-order valence-corrected chi connectivity index (χ1v) is 8.63. The summed E-state index contributed by atoms with van der Waals surface area (Å²) < 4.78 is 1.70. The van der Waals surface area contributed by atoms with Gasteiger partial charge in [0.1, 0.15) is 0 Å². The molecule has 0 spiro atoms. The summed E-state index contributed by atoms with van der Waals surface area (Å²) in [6.45, 7) is 5.79. The molecule has 3 rings (SSSR count). The maximum absolute atomic E-state index is 13.0. The van der Waals surface area contributed by atoms with Crippen molar-refractivity contribution in [1.82, 2.24) is 9.88 Å². The highest BCUT2D eigenvalue weighted by atomic mass is 16.2. The minimum Gasteiger partial charge on any atom is -0.344 e. The maximum Gasteiger partial charge on any atom is 0.262 e. The molecule has 0 bridgehead atoms. The smallest absolute Gasteiger partial charge is 0.262 e. The fourth-order valence-electron chi connectivity index (χ4n) is 3.00. The molecule has 4 nitrogen and oxygen atoms in total. The molecule has 26 heavy (non-hydrogen) atoms. The van der Waals surface area contributed by atoms with Crippen molar-refractivity contribution in [2.24, 2.45) is 0 Å². The molecular formula is C22H22N2O2. The molecule has 0 saturated heterocycles. The summed E-state index contributed by atoms with van der Waals surface area (Å²) >= 11 is 0. The first-order chi connectivity index (χ1) is 12.5. The Morgan fingerprint density at radius 1 is 0.885 bits per heavy atom. The van der Waals surface area contributed by atoms with Gasteiger partial charge in [-0.3, -0.25) is 14.2 Å². The number of hydrogen-bond donors (Lipinski definition) is 1. The molecule has 0 saturated carbocycles. The van der Waals surface area contributed by atoms with Crippen LogP contribution in [-0.2, 0) is 0 Å². The number of benzene rings is 2. The molecule has 0 aliphatic carbocycles. The Hall–Kier alpha value is -3.14. The van der Waals surface area contributed by atoms with E-state index in [1.54, 1.807) is 28.8 Å². The van der Waals surface area contributed by atoms with Gasteiger partial charge in [0.15, 0.2) is 0 Å². The van der Waals surface area contributed by atoms with E-state index >= 15 is 0 Å². The lowest BCUT2D eigenvalue weighted by molar-refractivity contribution is 0.0919. The average molecular weight is 346 g/mol. The van der Waals surface area contributed by atoms with E-state index in [4.69, 9.17) is 0 Å². The van der Waals surface area contributed by atoms with E-state index in [9.17, 15) is 9.59 Å². The van der Waals surface area contributed by atoms with Crippen LogP contribution in [0.2, 0.25) is 0 Å². The van der Waals surface area contributed by atoms with Gasteiger partial charge in [-0.25, -0.2) is 0 Å². The second-order valence-corrected chi connectivity index (χ2v) is 6.41. The largest absolute Gasteiger partial charge is 0.344 e. The average Bonchev–Trinajstić information content (AvgIpc) is 2.97. The van der Waals surface area contributed by atoms with Gasteiger partial charge in [-0.05, 0) is 56.7 Å². The molecule has 1 unspecified atom stereocenters. The second-order valence-electron chi connectivity index (χ2n) is 6.41. The van der Waals surface area contributed by atoms with Crippen LogP contribution in [-0.4, -0.2) is 16.4 Å². The van der Waals surface area contributed by atoms with Gasteiger partial charge in [-0.1, -0.05) is 36.4 Å². The van der Waals surface area contributed by atoms with Crippen LogP contribution < -0.4 is 5.32 Å². The van der Waals surface area contributed by atoms with Gasteiger partial charge in [-0.15, -0.1) is 0 Å². The van der Waals surface area contributed by atoms with Crippen LogP contribution in [0.5, 0.6) is 0 Å². The van der Waals surface area contributed by atoms with Gasteiger partial charge in [0.25, 0.3) is 11.8 Å². The van der Waals surface area contributed by atoms with Crippen molar-refractivity contribution < 1.29 is 9.59 Å². The molecule has 1 aromatic heterocycles. The van der Waals surface area contributed by atoms with Crippen molar-refractivity contribution in [3.8, 4) is 0 Å². The van der Waals surface area contributed by atoms with E-state index < -0.39 is 0 Å². The molecule has 2 aromatic carbocycles. The minimum absolute atomic E-state index is 0.0907. The number of nitrogens with one attached hydrogen (secondary N) is 1. The summed E-state index contributed by atoms with van der Waals surface area (Å²) in [4.78, 5) is 25.5. The second kappa shape index (κ2) is 7.40. The normalized spacial score (nSPS) is 11.8. The molecule has 132 valence electrons. The number of carbonyl (C=O) groups excluding carboxylic acids is 2. The van der Waals surface area contributed by atoms with Crippen LogP contribution >= 0.6 is 0 Å². The highest BCUT2D eigenvalue weighted by Crippen LogP contribution is 2.23. The lowest BCUT2D eigenvalue weighted by atomic mass is 10.1. The van der Waals surface area contributed by atoms with E-state index in [0.29, 0.717) is 11.1 Å². The van der Waals surface area contributed by atoms with Crippen LogP contribution in [0.4, 0.5) is 0 Å². The Labute approximate surface area is 153 Å². The van der Waals surface area contributed by atoms with E-state index in [0.717, 1.165) is 17.0 Å². The fraction of sp³-hybridized carbons (Fsp3) is 0.182. The summed E-state index contributed by atoms with van der Waals surface area (Å²) in [6.07, 6.45) is 0. The third-order valence-electron chi connectivity index (χ3n) is 4.58. The first kappa shape index (κ1) is 17.7. The molecule has 0 aliphatic heterocycles.